The highest BCUT2D eigenvalue weighted by Crippen LogP contribution is 2.11. The molecule has 5 nitrogen and oxygen atoms in total. The molecule has 1 unspecified atom stereocenters. The minimum Gasteiger partial charge on any atom is -0.384 e. The van der Waals surface area contributed by atoms with Crippen molar-refractivity contribution in [2.24, 2.45) is 0 Å². The molecule has 2 rings (SSSR count). The zero-order chi connectivity index (χ0) is 15.1. The van der Waals surface area contributed by atoms with Crippen LogP contribution in [0, 0.1) is 0 Å². The average molecular weight is 284 g/mol. The van der Waals surface area contributed by atoms with Crippen LogP contribution in [0.4, 0.5) is 5.69 Å². The van der Waals surface area contributed by atoms with Gasteiger partial charge in [-0.1, -0.05) is 13.0 Å². The molecular weight excluding hydrogens is 264 g/mol. The molecule has 0 saturated carbocycles. The zero-order valence-electron chi connectivity index (χ0n) is 12.3. The fraction of sp³-hybridized carbons (Fsp3) is 0.312. The summed E-state index contributed by atoms with van der Waals surface area (Å²) in [5.41, 5.74) is 2.30. The third-order valence-electron chi connectivity index (χ3n) is 3.11. The molecule has 0 fully saturated rings. The second-order valence-corrected chi connectivity index (χ2v) is 4.84. The number of hydrogen-bond donors (Lipinski definition) is 2. The molecule has 0 spiro atoms. The Hall–Kier alpha value is -2.43. The fourth-order valence-corrected chi connectivity index (χ4v) is 1.89. The van der Waals surface area contributed by atoms with Gasteiger partial charge in [0.2, 0.25) is 0 Å². The third-order valence-corrected chi connectivity index (χ3v) is 3.11. The van der Waals surface area contributed by atoms with E-state index >= 15 is 0 Å². The van der Waals surface area contributed by atoms with Crippen LogP contribution in [0.2, 0.25) is 0 Å². The quantitative estimate of drug-likeness (QED) is 0.856. The molecule has 110 valence electrons. The zero-order valence-corrected chi connectivity index (χ0v) is 12.3. The Kier molecular flexibility index (Phi) is 5.26. The first-order chi connectivity index (χ1) is 10.2. The number of hydrogen-bond acceptors (Lipinski definition) is 4. The topological polar surface area (TPSA) is 66.9 Å². The van der Waals surface area contributed by atoms with Crippen LogP contribution >= 0.6 is 0 Å². The van der Waals surface area contributed by atoms with Crippen molar-refractivity contribution in [3.05, 3.63) is 54.1 Å². The molecule has 0 aliphatic carbocycles. The van der Waals surface area contributed by atoms with E-state index in [2.05, 4.69) is 27.5 Å². The SMILES string of the molecule is CCCNc1ccc(C(=O)NC(C)c2cccnc2)nc1. The van der Waals surface area contributed by atoms with Gasteiger partial charge in [0.15, 0.2) is 0 Å². The first kappa shape index (κ1) is 15.0. The van der Waals surface area contributed by atoms with Crippen molar-refractivity contribution in [3.63, 3.8) is 0 Å². The first-order valence-corrected chi connectivity index (χ1v) is 7.11. The second kappa shape index (κ2) is 7.38. The van der Waals surface area contributed by atoms with Crippen molar-refractivity contribution in [3.8, 4) is 0 Å². The Morgan fingerprint density at radius 3 is 2.76 bits per heavy atom. The molecule has 1 atom stereocenters. The van der Waals surface area contributed by atoms with Crippen LogP contribution in [0.15, 0.2) is 42.9 Å². The maximum absolute atomic E-state index is 12.1. The van der Waals surface area contributed by atoms with Crippen LogP contribution in [0.25, 0.3) is 0 Å². The second-order valence-electron chi connectivity index (χ2n) is 4.84. The van der Waals surface area contributed by atoms with Gasteiger partial charge in [-0.05, 0) is 37.1 Å². The van der Waals surface area contributed by atoms with Gasteiger partial charge in [-0.2, -0.15) is 0 Å². The highest BCUT2D eigenvalue weighted by molar-refractivity contribution is 5.92. The summed E-state index contributed by atoms with van der Waals surface area (Å²) in [5, 5.41) is 6.14. The van der Waals surface area contributed by atoms with Gasteiger partial charge in [-0.15, -0.1) is 0 Å². The molecule has 0 radical (unpaired) electrons. The molecule has 2 aromatic heterocycles. The first-order valence-electron chi connectivity index (χ1n) is 7.11. The summed E-state index contributed by atoms with van der Waals surface area (Å²) in [6, 6.07) is 7.27. The number of carbonyl (C=O) groups is 1. The van der Waals surface area contributed by atoms with Crippen LogP contribution in [0.5, 0.6) is 0 Å². The van der Waals surface area contributed by atoms with Crippen molar-refractivity contribution in [1.29, 1.82) is 0 Å². The van der Waals surface area contributed by atoms with Crippen molar-refractivity contribution in [2.75, 3.05) is 11.9 Å². The molecule has 21 heavy (non-hydrogen) atoms. The van der Waals surface area contributed by atoms with Crippen molar-refractivity contribution < 1.29 is 4.79 Å². The molecule has 0 aliphatic heterocycles. The molecule has 0 aromatic carbocycles. The molecule has 5 heteroatoms. The van der Waals surface area contributed by atoms with Crippen LogP contribution < -0.4 is 10.6 Å². The number of amides is 1. The van der Waals surface area contributed by atoms with Gasteiger partial charge in [0.1, 0.15) is 5.69 Å². The van der Waals surface area contributed by atoms with E-state index in [1.54, 1.807) is 24.7 Å². The maximum atomic E-state index is 12.1. The van der Waals surface area contributed by atoms with Gasteiger partial charge in [-0.25, -0.2) is 4.98 Å². The summed E-state index contributed by atoms with van der Waals surface area (Å²) in [5.74, 6) is -0.187. The number of carbonyl (C=O) groups excluding carboxylic acids is 1. The van der Waals surface area contributed by atoms with E-state index in [4.69, 9.17) is 0 Å². The summed E-state index contributed by atoms with van der Waals surface area (Å²) < 4.78 is 0. The smallest absolute Gasteiger partial charge is 0.270 e. The molecule has 0 aliphatic rings. The number of aromatic nitrogens is 2. The predicted molar refractivity (Wildman–Crippen MR) is 83.1 cm³/mol. The lowest BCUT2D eigenvalue weighted by atomic mass is 10.1. The third kappa shape index (κ3) is 4.27. The van der Waals surface area contributed by atoms with Gasteiger partial charge in [0.05, 0.1) is 17.9 Å². The Morgan fingerprint density at radius 2 is 2.14 bits per heavy atom. The lowest BCUT2D eigenvalue weighted by molar-refractivity contribution is 0.0935. The van der Waals surface area contributed by atoms with Crippen LogP contribution in [-0.2, 0) is 0 Å². The Morgan fingerprint density at radius 1 is 1.29 bits per heavy atom. The summed E-state index contributed by atoms with van der Waals surface area (Å²) in [7, 11) is 0. The molecular formula is C16H20N4O. The Bertz CT molecular complexity index is 569. The number of pyridine rings is 2. The summed E-state index contributed by atoms with van der Waals surface area (Å²) in [6.07, 6.45) is 6.18. The summed E-state index contributed by atoms with van der Waals surface area (Å²) in [6.45, 7) is 4.92. The predicted octanol–water partition coefficient (Wildman–Crippen LogP) is 2.79. The van der Waals surface area contributed by atoms with Crippen molar-refractivity contribution in [2.45, 2.75) is 26.3 Å². The minimum absolute atomic E-state index is 0.106. The van der Waals surface area contributed by atoms with Crippen molar-refractivity contribution in [1.82, 2.24) is 15.3 Å². The monoisotopic (exact) mass is 284 g/mol. The molecule has 0 bridgehead atoms. The van der Waals surface area contributed by atoms with E-state index in [-0.39, 0.29) is 11.9 Å². The normalized spacial score (nSPS) is 11.7. The molecule has 2 heterocycles. The molecule has 1 amide bonds. The largest absolute Gasteiger partial charge is 0.384 e. The minimum atomic E-state index is -0.187. The number of nitrogens with one attached hydrogen (secondary N) is 2. The summed E-state index contributed by atoms with van der Waals surface area (Å²) in [4.78, 5) is 20.4. The molecule has 0 saturated heterocycles. The van der Waals surface area contributed by atoms with E-state index in [0.717, 1.165) is 24.2 Å². The summed E-state index contributed by atoms with van der Waals surface area (Å²) >= 11 is 0. The standard InChI is InChI=1S/C16H20N4O/c1-3-8-18-14-6-7-15(19-11-14)16(21)20-12(2)13-5-4-9-17-10-13/h4-7,9-12,18H,3,8H2,1-2H3,(H,20,21). The van der Waals surface area contributed by atoms with E-state index in [1.807, 2.05) is 25.1 Å². The average Bonchev–Trinajstić information content (AvgIpc) is 2.54. The molecule has 2 N–H and O–H groups in total. The lowest BCUT2D eigenvalue weighted by Gasteiger charge is -2.13. The van der Waals surface area contributed by atoms with Crippen molar-refractivity contribution >= 4 is 11.6 Å². The molecule has 2 aromatic rings. The van der Waals surface area contributed by atoms with Gasteiger partial charge in [0, 0.05) is 18.9 Å². The van der Waals surface area contributed by atoms with Crippen LogP contribution in [0.3, 0.4) is 0 Å². The highest BCUT2D eigenvalue weighted by atomic mass is 16.1. The van der Waals surface area contributed by atoms with Crippen LogP contribution in [-0.4, -0.2) is 22.4 Å². The highest BCUT2D eigenvalue weighted by Gasteiger charge is 2.12. The van der Waals surface area contributed by atoms with Gasteiger partial charge >= 0.3 is 0 Å². The lowest BCUT2D eigenvalue weighted by Crippen LogP contribution is -2.27. The number of nitrogens with zero attached hydrogens (tertiary/aromatic N) is 2. The number of rotatable bonds is 6. The van der Waals surface area contributed by atoms with E-state index in [9.17, 15) is 4.79 Å². The van der Waals surface area contributed by atoms with Gasteiger partial charge < -0.3 is 10.6 Å². The van der Waals surface area contributed by atoms with Gasteiger partial charge in [-0.3, -0.25) is 9.78 Å². The van der Waals surface area contributed by atoms with E-state index in [0.29, 0.717) is 5.69 Å². The fourth-order valence-electron chi connectivity index (χ4n) is 1.89. The van der Waals surface area contributed by atoms with E-state index in [1.165, 1.54) is 0 Å². The maximum Gasteiger partial charge on any atom is 0.270 e. The Labute approximate surface area is 124 Å². The van der Waals surface area contributed by atoms with E-state index < -0.39 is 0 Å². The van der Waals surface area contributed by atoms with Crippen LogP contribution in [0.1, 0.15) is 42.4 Å². The number of anilines is 1. The Balaban J connectivity index is 1.97. The van der Waals surface area contributed by atoms with Gasteiger partial charge in [0.25, 0.3) is 5.91 Å².